The maximum absolute atomic E-state index is 12.2. The molecule has 0 aromatic rings. The summed E-state index contributed by atoms with van der Waals surface area (Å²) in [7, 11) is -5.19. The predicted octanol–water partition coefficient (Wildman–Crippen LogP) is -6.73. The summed E-state index contributed by atoms with van der Waals surface area (Å²) in [6.07, 6.45) is -19.9. The molecule has 14 atom stereocenters. The smallest absolute Gasteiger partial charge is 0.272 e. The van der Waals surface area contributed by atoms with Gasteiger partial charge in [-0.1, -0.05) is 0 Å². The van der Waals surface area contributed by atoms with Crippen LogP contribution in [-0.4, -0.2) is 170 Å². The highest BCUT2D eigenvalue weighted by Crippen LogP contribution is 2.31. The van der Waals surface area contributed by atoms with Crippen LogP contribution in [0.15, 0.2) is 0 Å². The van der Waals surface area contributed by atoms with Crippen molar-refractivity contribution in [1.29, 1.82) is 0 Å². The Kier molecular flexibility index (Phi) is 13.4. The normalized spacial score (nSPS) is 36.9. The number of carbonyl (C=O) groups is 2. The van der Waals surface area contributed by atoms with Crippen LogP contribution in [-0.2, 0) is 38.7 Å². The van der Waals surface area contributed by atoms with Gasteiger partial charge in [-0.25, -0.2) is 0 Å². The molecular weight excluding hydrogens is 596 g/mol. The molecule has 246 valence electrons. The van der Waals surface area contributed by atoms with E-state index in [2.05, 4.69) is 10.6 Å². The minimum absolute atomic E-state index is 0.742. The topological polar surface area (TPSA) is 311 Å². The number of aliphatic hydroxyl groups is 8. The van der Waals surface area contributed by atoms with Crippen LogP contribution in [0.5, 0.6) is 0 Å². The fraction of sp³-hybridized carbons (Fsp3) is 0.909. The van der Waals surface area contributed by atoms with E-state index < -0.39 is 127 Å². The fourth-order valence-corrected chi connectivity index (χ4v) is 5.85. The van der Waals surface area contributed by atoms with E-state index in [1.54, 1.807) is 0 Å². The maximum Gasteiger partial charge on any atom is 0.272 e. The van der Waals surface area contributed by atoms with Gasteiger partial charge in [0.1, 0.15) is 60.1 Å². The third-order valence-corrected chi connectivity index (χ3v) is 8.09. The molecule has 2 fully saturated rings. The number of amides is 2. The van der Waals surface area contributed by atoms with Gasteiger partial charge in [-0.2, -0.15) is 8.42 Å². The largest absolute Gasteiger partial charge is 0.394 e. The molecule has 2 aliphatic heterocycles. The van der Waals surface area contributed by atoms with E-state index in [-0.39, 0.29) is 0 Å². The Morgan fingerprint density at radius 2 is 1.45 bits per heavy atom. The van der Waals surface area contributed by atoms with Crippen LogP contribution in [0, 0.1) is 0 Å². The summed E-state index contributed by atoms with van der Waals surface area (Å²) in [6.45, 7) is 0.280. The summed E-state index contributed by atoms with van der Waals surface area (Å²) in [5.41, 5.74) is 0. The minimum Gasteiger partial charge on any atom is -0.394 e. The van der Waals surface area contributed by atoms with Crippen LogP contribution in [0.25, 0.3) is 0 Å². The molecule has 0 aromatic heterocycles. The Bertz CT molecular complexity index is 1000. The molecule has 2 saturated heterocycles. The van der Waals surface area contributed by atoms with E-state index in [1.165, 1.54) is 6.92 Å². The van der Waals surface area contributed by atoms with Crippen LogP contribution in [0.3, 0.4) is 0 Å². The lowest BCUT2D eigenvalue weighted by molar-refractivity contribution is -0.332. The lowest BCUT2D eigenvalue weighted by Gasteiger charge is -2.46. The van der Waals surface area contributed by atoms with Gasteiger partial charge in [0.2, 0.25) is 11.8 Å². The summed E-state index contributed by atoms with van der Waals surface area (Å²) in [5, 5.41) is 83.7. The fourth-order valence-electron chi connectivity index (χ4n) is 4.75. The molecule has 42 heavy (non-hydrogen) atoms. The maximum atomic E-state index is 12.2. The zero-order valence-electron chi connectivity index (χ0n) is 22.9. The van der Waals surface area contributed by atoms with E-state index in [1.807, 2.05) is 0 Å². The Hall–Kier alpha value is -1.63. The molecule has 0 spiro atoms. The Labute approximate surface area is 240 Å². The molecule has 0 radical (unpaired) electrons. The number of ether oxygens (including phenoxy) is 4. The first-order valence-electron chi connectivity index (χ1n) is 12.8. The van der Waals surface area contributed by atoms with Crippen molar-refractivity contribution in [3.05, 3.63) is 0 Å². The summed E-state index contributed by atoms with van der Waals surface area (Å²) >= 11 is 0. The van der Waals surface area contributed by atoms with Gasteiger partial charge in [0.15, 0.2) is 12.6 Å². The first-order valence-corrected chi connectivity index (χ1v) is 14.3. The number of carbonyl (C=O) groups excluding carboxylic acids is 2. The summed E-state index contributed by atoms with van der Waals surface area (Å²) in [5.74, 6) is -1.63. The lowest BCUT2D eigenvalue weighted by atomic mass is 9.97. The molecule has 2 amide bonds. The van der Waals surface area contributed by atoms with Crippen LogP contribution < -0.4 is 10.6 Å². The van der Waals surface area contributed by atoms with Crippen molar-refractivity contribution in [3.63, 3.8) is 0 Å². The summed E-state index contributed by atoms with van der Waals surface area (Å²) in [6, 6.07) is -3.44. The van der Waals surface area contributed by atoms with Crippen LogP contribution in [0.4, 0.5) is 0 Å². The average molecular weight is 637 g/mol. The Morgan fingerprint density at radius 3 is 1.93 bits per heavy atom. The number of rotatable bonds is 13. The third-order valence-electron chi connectivity index (χ3n) is 6.83. The van der Waals surface area contributed by atoms with Gasteiger partial charge >= 0.3 is 0 Å². The van der Waals surface area contributed by atoms with Crippen molar-refractivity contribution in [2.75, 3.05) is 19.8 Å². The number of aliphatic hydroxyl groups excluding tert-OH is 8. The SMILES string of the molecule is CC(=O)N[C@H]1[C@H](O[C@@H]([C@H](O[C@@H]2O[C@@H](C)[C@@H](O)[C@@H](O)[C@@H]2O)[C@H](CO)NC(C)=O)[C@H](O)CO)O[C@H](CO)[C@H](O)[C@@H]1S(=O)(=O)O. The number of hydrogen-bond acceptors (Lipinski definition) is 16. The zero-order chi connectivity index (χ0) is 32.1. The molecule has 0 saturated carbocycles. The highest BCUT2D eigenvalue weighted by atomic mass is 32.2. The quantitative estimate of drug-likeness (QED) is 0.0837. The van der Waals surface area contributed by atoms with Crippen LogP contribution >= 0.6 is 0 Å². The van der Waals surface area contributed by atoms with E-state index in [0.29, 0.717) is 0 Å². The number of hydrogen-bond donors (Lipinski definition) is 11. The Morgan fingerprint density at radius 1 is 0.857 bits per heavy atom. The molecule has 0 aromatic carbocycles. The summed E-state index contributed by atoms with van der Waals surface area (Å²) in [4.78, 5) is 23.9. The lowest BCUT2D eigenvalue weighted by Crippen LogP contribution is -2.68. The number of nitrogens with one attached hydrogen (secondary N) is 2. The molecule has 0 bridgehead atoms. The molecule has 0 aliphatic carbocycles. The van der Waals surface area contributed by atoms with E-state index in [0.717, 1.165) is 13.8 Å². The van der Waals surface area contributed by atoms with Gasteiger partial charge in [-0.05, 0) is 6.92 Å². The van der Waals surface area contributed by atoms with E-state index in [9.17, 15) is 63.4 Å². The van der Waals surface area contributed by atoms with Gasteiger partial charge in [0.05, 0.1) is 32.0 Å². The molecule has 20 heteroatoms. The molecule has 19 nitrogen and oxygen atoms in total. The van der Waals surface area contributed by atoms with Gasteiger partial charge in [0, 0.05) is 13.8 Å². The van der Waals surface area contributed by atoms with Gasteiger partial charge in [-0.3, -0.25) is 14.1 Å². The third kappa shape index (κ3) is 8.72. The molecule has 2 aliphatic rings. The second-order valence-electron chi connectivity index (χ2n) is 10.0. The van der Waals surface area contributed by atoms with Crippen LogP contribution in [0.1, 0.15) is 20.8 Å². The van der Waals surface area contributed by atoms with Crippen molar-refractivity contribution >= 4 is 21.9 Å². The molecule has 2 heterocycles. The Balaban J connectivity index is 2.61. The second-order valence-corrected chi connectivity index (χ2v) is 11.6. The van der Waals surface area contributed by atoms with Gasteiger partial charge in [0.25, 0.3) is 10.1 Å². The van der Waals surface area contributed by atoms with Crippen molar-refractivity contribution in [2.24, 2.45) is 0 Å². The van der Waals surface area contributed by atoms with Gasteiger partial charge in [-0.15, -0.1) is 0 Å². The standard InChI is InChI=1S/C22H40N2O17S/c1-7-14(31)16(33)17(34)22(38-7)40-18(10(4-25)23-8(2)28)19(11(30)5-26)41-21-13(24-9(3)29)20(42(35,36)37)15(32)12(6-27)39-21/h7,10-22,25-27,30-34H,4-6H2,1-3H3,(H,23,28)(H,24,29)(H,35,36,37)/t7-,10-,11+,12+,13+,14+,15-,16+,17-,18+,19+,20+,21-,22-/m0/s1. The molecule has 11 N–H and O–H groups in total. The molecule has 0 unspecified atom stereocenters. The van der Waals surface area contributed by atoms with E-state index in [4.69, 9.17) is 18.9 Å². The summed E-state index contributed by atoms with van der Waals surface area (Å²) < 4.78 is 56.7. The average Bonchev–Trinajstić information content (AvgIpc) is 2.90. The van der Waals surface area contributed by atoms with Crippen molar-refractivity contribution in [1.82, 2.24) is 10.6 Å². The molecular formula is C22H40N2O17S. The monoisotopic (exact) mass is 636 g/mol. The second kappa shape index (κ2) is 15.4. The van der Waals surface area contributed by atoms with Crippen LogP contribution in [0.2, 0.25) is 0 Å². The minimum atomic E-state index is -5.19. The van der Waals surface area contributed by atoms with Gasteiger partial charge < -0.3 is 70.4 Å². The van der Waals surface area contributed by atoms with Crippen molar-refractivity contribution in [2.45, 2.75) is 106 Å². The first-order chi connectivity index (χ1) is 19.5. The highest BCUT2D eigenvalue weighted by molar-refractivity contribution is 7.86. The predicted molar refractivity (Wildman–Crippen MR) is 135 cm³/mol. The van der Waals surface area contributed by atoms with Crippen molar-refractivity contribution in [3.8, 4) is 0 Å². The zero-order valence-corrected chi connectivity index (χ0v) is 23.7. The highest BCUT2D eigenvalue weighted by Gasteiger charge is 2.54. The first kappa shape index (κ1) is 36.6. The van der Waals surface area contributed by atoms with E-state index >= 15 is 0 Å². The van der Waals surface area contributed by atoms with Crippen molar-refractivity contribution < 1.29 is 82.4 Å². The molecule has 2 rings (SSSR count).